The maximum absolute atomic E-state index is 12.3. The Balaban J connectivity index is 2.21. The van der Waals surface area contributed by atoms with Gasteiger partial charge in [0, 0.05) is 15.7 Å². The molecule has 0 aliphatic rings. The molecule has 3 N–H and O–H groups in total. The van der Waals surface area contributed by atoms with Crippen LogP contribution in [0.5, 0.6) is 5.75 Å². The zero-order chi connectivity index (χ0) is 15.4. The van der Waals surface area contributed by atoms with Gasteiger partial charge in [0.2, 0.25) is 0 Å². The van der Waals surface area contributed by atoms with Crippen molar-refractivity contribution in [3.05, 3.63) is 52.5 Å². The van der Waals surface area contributed by atoms with Crippen LogP contribution in [0.4, 0.5) is 20.2 Å². The van der Waals surface area contributed by atoms with E-state index in [4.69, 9.17) is 5.73 Å². The van der Waals surface area contributed by atoms with Crippen LogP contribution >= 0.6 is 15.9 Å². The lowest BCUT2D eigenvalue weighted by Gasteiger charge is -2.12. The van der Waals surface area contributed by atoms with Crippen LogP contribution in [0.15, 0.2) is 46.9 Å². The van der Waals surface area contributed by atoms with Crippen LogP contribution in [-0.2, 0) is 0 Å². The molecule has 0 heterocycles. The van der Waals surface area contributed by atoms with Crippen LogP contribution < -0.4 is 15.8 Å². The van der Waals surface area contributed by atoms with Crippen LogP contribution in [0.25, 0.3) is 0 Å². The Morgan fingerprint density at radius 2 is 1.95 bits per heavy atom. The van der Waals surface area contributed by atoms with E-state index in [-0.39, 0.29) is 11.4 Å². The number of benzene rings is 2. The molecule has 2 aromatic carbocycles. The van der Waals surface area contributed by atoms with E-state index in [9.17, 15) is 13.6 Å². The Hall–Kier alpha value is -2.15. The van der Waals surface area contributed by atoms with Gasteiger partial charge in [-0.3, -0.25) is 4.79 Å². The fourth-order valence-corrected chi connectivity index (χ4v) is 1.89. The molecular weight excluding hydrogens is 346 g/mol. The number of nitrogens with two attached hydrogens (primary N) is 1. The Bertz CT molecular complexity index is 665. The zero-order valence-corrected chi connectivity index (χ0v) is 12.2. The number of hydrogen-bond donors (Lipinski definition) is 2. The minimum atomic E-state index is -2.97. The summed E-state index contributed by atoms with van der Waals surface area (Å²) >= 11 is 3.22. The van der Waals surface area contributed by atoms with Crippen LogP contribution in [0.3, 0.4) is 0 Å². The Kier molecular flexibility index (Phi) is 4.74. The van der Waals surface area contributed by atoms with E-state index >= 15 is 0 Å². The first kappa shape index (κ1) is 15.2. The van der Waals surface area contributed by atoms with Crippen molar-refractivity contribution in [1.82, 2.24) is 0 Å². The molecule has 0 aliphatic carbocycles. The second-order valence-corrected chi connectivity index (χ2v) is 4.92. The molecule has 2 aromatic rings. The number of carbonyl (C=O) groups excluding carboxylic acids is 1. The predicted molar refractivity (Wildman–Crippen MR) is 79.6 cm³/mol. The first-order valence-electron chi connectivity index (χ1n) is 5.87. The van der Waals surface area contributed by atoms with Gasteiger partial charge in [-0.1, -0.05) is 12.1 Å². The van der Waals surface area contributed by atoms with Gasteiger partial charge in [-0.05, 0) is 46.3 Å². The molecule has 0 spiro atoms. The summed E-state index contributed by atoms with van der Waals surface area (Å²) in [5.74, 6) is -0.578. The predicted octanol–water partition coefficient (Wildman–Crippen LogP) is 3.89. The average molecular weight is 357 g/mol. The molecule has 0 saturated heterocycles. The van der Waals surface area contributed by atoms with Crippen molar-refractivity contribution in [3.63, 3.8) is 0 Å². The summed E-state index contributed by atoms with van der Waals surface area (Å²) < 4.78 is 29.6. The van der Waals surface area contributed by atoms with Gasteiger partial charge in [-0.15, -0.1) is 0 Å². The fourth-order valence-electron chi connectivity index (χ4n) is 1.65. The van der Waals surface area contributed by atoms with Crippen molar-refractivity contribution in [1.29, 1.82) is 0 Å². The van der Waals surface area contributed by atoms with E-state index in [0.717, 1.165) is 0 Å². The summed E-state index contributed by atoms with van der Waals surface area (Å²) in [5.41, 5.74) is 6.56. The van der Waals surface area contributed by atoms with E-state index in [1.165, 1.54) is 24.3 Å². The highest BCUT2D eigenvalue weighted by Gasteiger charge is 2.13. The first-order valence-corrected chi connectivity index (χ1v) is 6.67. The molecule has 110 valence electrons. The van der Waals surface area contributed by atoms with Gasteiger partial charge >= 0.3 is 6.61 Å². The highest BCUT2D eigenvalue weighted by Crippen LogP contribution is 2.27. The monoisotopic (exact) mass is 356 g/mol. The number of amides is 1. The summed E-state index contributed by atoms with van der Waals surface area (Å²) in [6.45, 7) is -2.97. The third-order valence-corrected chi connectivity index (χ3v) is 3.33. The summed E-state index contributed by atoms with van der Waals surface area (Å²) in [4.78, 5) is 12.1. The smallest absolute Gasteiger partial charge is 0.387 e. The molecule has 0 fully saturated rings. The minimum Gasteiger partial charge on any atom is -0.433 e. The highest BCUT2D eigenvalue weighted by molar-refractivity contribution is 9.10. The molecule has 0 bridgehead atoms. The van der Waals surface area contributed by atoms with E-state index < -0.39 is 12.5 Å². The maximum Gasteiger partial charge on any atom is 0.387 e. The molecule has 21 heavy (non-hydrogen) atoms. The number of hydrogen-bond acceptors (Lipinski definition) is 3. The average Bonchev–Trinajstić information content (AvgIpc) is 2.43. The number of nitrogens with one attached hydrogen (secondary N) is 1. The summed E-state index contributed by atoms with van der Waals surface area (Å²) in [7, 11) is 0. The Morgan fingerprint density at radius 3 is 2.62 bits per heavy atom. The molecule has 1 amide bonds. The van der Waals surface area contributed by atoms with Gasteiger partial charge < -0.3 is 15.8 Å². The van der Waals surface area contributed by atoms with Crippen molar-refractivity contribution in [2.45, 2.75) is 6.61 Å². The summed E-state index contributed by atoms with van der Waals surface area (Å²) in [6, 6.07) is 10.6. The van der Waals surface area contributed by atoms with Gasteiger partial charge in [-0.25, -0.2) is 0 Å². The second-order valence-electron chi connectivity index (χ2n) is 4.07. The van der Waals surface area contributed by atoms with Crippen LogP contribution in [0.2, 0.25) is 0 Å². The van der Waals surface area contributed by atoms with Gasteiger partial charge in [-0.2, -0.15) is 8.78 Å². The second kappa shape index (κ2) is 6.53. The maximum atomic E-state index is 12.3. The van der Waals surface area contributed by atoms with Crippen molar-refractivity contribution >= 4 is 33.2 Å². The van der Waals surface area contributed by atoms with Gasteiger partial charge in [0.25, 0.3) is 5.91 Å². The lowest BCUT2D eigenvalue weighted by molar-refractivity contribution is -0.0493. The van der Waals surface area contributed by atoms with Crippen LogP contribution in [-0.4, -0.2) is 12.5 Å². The van der Waals surface area contributed by atoms with Crippen LogP contribution in [0.1, 0.15) is 10.4 Å². The Morgan fingerprint density at radius 1 is 1.24 bits per heavy atom. The molecule has 4 nitrogen and oxygen atoms in total. The van der Waals surface area contributed by atoms with Crippen molar-refractivity contribution in [3.8, 4) is 5.75 Å². The number of rotatable bonds is 4. The fraction of sp³-hybridized carbons (Fsp3) is 0.0714. The van der Waals surface area contributed by atoms with Crippen molar-refractivity contribution < 1.29 is 18.3 Å². The number of halogens is 3. The van der Waals surface area contributed by atoms with E-state index in [0.29, 0.717) is 15.7 Å². The molecule has 0 aliphatic heterocycles. The molecule has 0 aromatic heterocycles. The number of nitrogen functional groups attached to an aromatic ring is 1. The largest absolute Gasteiger partial charge is 0.433 e. The van der Waals surface area contributed by atoms with Gasteiger partial charge in [0.15, 0.2) is 0 Å². The molecular formula is C14H11BrF2N2O2. The van der Waals surface area contributed by atoms with E-state index in [1.54, 1.807) is 18.2 Å². The first-order chi connectivity index (χ1) is 9.97. The van der Waals surface area contributed by atoms with Crippen molar-refractivity contribution in [2.24, 2.45) is 0 Å². The third kappa shape index (κ3) is 3.91. The molecule has 0 saturated carbocycles. The van der Waals surface area contributed by atoms with E-state index in [2.05, 4.69) is 26.0 Å². The normalized spacial score (nSPS) is 10.5. The SMILES string of the molecule is Nc1cc(C(=O)Nc2ccccc2OC(F)F)ccc1Br. The molecule has 0 atom stereocenters. The van der Waals surface area contributed by atoms with E-state index in [1.807, 2.05) is 0 Å². The molecule has 7 heteroatoms. The minimum absolute atomic E-state index is 0.106. The number of para-hydroxylation sites is 2. The van der Waals surface area contributed by atoms with Gasteiger partial charge in [0.1, 0.15) is 5.75 Å². The lowest BCUT2D eigenvalue weighted by Crippen LogP contribution is -2.14. The summed E-state index contributed by atoms with van der Waals surface area (Å²) in [6.07, 6.45) is 0. The lowest BCUT2D eigenvalue weighted by atomic mass is 10.2. The Labute approximate surface area is 128 Å². The zero-order valence-electron chi connectivity index (χ0n) is 10.6. The molecule has 0 unspecified atom stereocenters. The standard InChI is InChI=1S/C14H11BrF2N2O2/c15-9-6-5-8(7-10(9)18)13(20)19-11-3-1-2-4-12(11)21-14(16)17/h1-7,14H,18H2,(H,19,20). The van der Waals surface area contributed by atoms with Gasteiger partial charge in [0.05, 0.1) is 5.69 Å². The number of alkyl halides is 2. The quantitative estimate of drug-likeness (QED) is 0.817. The topological polar surface area (TPSA) is 64.4 Å². The number of ether oxygens (including phenoxy) is 1. The number of anilines is 2. The van der Waals surface area contributed by atoms with Crippen LogP contribution in [0, 0.1) is 0 Å². The third-order valence-electron chi connectivity index (χ3n) is 2.61. The highest BCUT2D eigenvalue weighted by atomic mass is 79.9. The number of carbonyl (C=O) groups is 1. The molecule has 0 radical (unpaired) electrons. The molecule has 2 rings (SSSR count). The van der Waals surface area contributed by atoms with Crippen molar-refractivity contribution in [2.75, 3.05) is 11.1 Å². The summed E-state index contributed by atoms with van der Waals surface area (Å²) in [5, 5.41) is 2.51.